The average molecular weight is 477 g/mol. The second-order valence-electron chi connectivity index (χ2n) is 7.75. The van der Waals surface area contributed by atoms with Gasteiger partial charge in [0.2, 0.25) is 0 Å². The van der Waals surface area contributed by atoms with Crippen molar-refractivity contribution in [2.24, 2.45) is 0 Å². The topological polar surface area (TPSA) is 68.4 Å². The summed E-state index contributed by atoms with van der Waals surface area (Å²) in [5, 5.41) is 9.85. The number of carbonyl (C=O) groups excluding carboxylic acids is 1. The van der Waals surface area contributed by atoms with Crippen molar-refractivity contribution in [1.82, 2.24) is 29.4 Å². The summed E-state index contributed by atoms with van der Waals surface area (Å²) in [6.07, 6.45) is 3.83. The van der Waals surface area contributed by atoms with Gasteiger partial charge in [0.05, 0.1) is 10.7 Å². The molecule has 0 atom stereocenters. The highest BCUT2D eigenvalue weighted by atomic mass is 35.5. The highest BCUT2D eigenvalue weighted by molar-refractivity contribution is 6.35. The number of rotatable bonds is 7. The van der Waals surface area contributed by atoms with Crippen LogP contribution in [0.3, 0.4) is 0 Å². The smallest absolute Gasteiger partial charge is 0.274 e. The molecule has 4 rings (SSSR count). The second kappa shape index (κ2) is 9.94. The maximum atomic E-state index is 12.9. The number of aromatic nitrogens is 4. The molecule has 1 fully saturated rings. The molecule has 0 N–H and O–H groups in total. The third-order valence-electron chi connectivity index (χ3n) is 5.53. The van der Waals surface area contributed by atoms with Crippen LogP contribution in [0.4, 0.5) is 0 Å². The number of halogens is 2. The number of piperazine rings is 1. The molecule has 0 saturated carbocycles. The predicted octanol–water partition coefficient (Wildman–Crippen LogP) is 3.71. The molecular formula is C22H26Cl2N6O2. The largest absolute Gasteiger partial charge is 0.470 e. The van der Waals surface area contributed by atoms with Crippen LogP contribution in [0.1, 0.15) is 28.7 Å². The van der Waals surface area contributed by atoms with Gasteiger partial charge >= 0.3 is 0 Å². The molecule has 1 saturated heterocycles. The Kier molecular flexibility index (Phi) is 7.03. The zero-order chi connectivity index (χ0) is 22.7. The fraction of sp³-hybridized carbons (Fsp3) is 0.409. The second-order valence-corrected chi connectivity index (χ2v) is 8.60. The van der Waals surface area contributed by atoms with E-state index in [-0.39, 0.29) is 12.6 Å². The number of benzene rings is 1. The van der Waals surface area contributed by atoms with E-state index >= 15 is 0 Å². The van der Waals surface area contributed by atoms with Crippen LogP contribution >= 0.6 is 23.2 Å². The number of ether oxygens (including phenoxy) is 1. The van der Waals surface area contributed by atoms with Crippen molar-refractivity contribution in [3.63, 3.8) is 0 Å². The summed E-state index contributed by atoms with van der Waals surface area (Å²) in [6.45, 7) is 8.98. The molecule has 8 nitrogen and oxygen atoms in total. The van der Waals surface area contributed by atoms with Crippen molar-refractivity contribution < 1.29 is 9.53 Å². The quantitative estimate of drug-likeness (QED) is 0.519. The minimum absolute atomic E-state index is 0.0668. The Morgan fingerprint density at radius 3 is 2.56 bits per heavy atom. The summed E-state index contributed by atoms with van der Waals surface area (Å²) in [7, 11) is 0. The molecule has 0 bridgehead atoms. The molecule has 1 aliphatic heterocycles. The van der Waals surface area contributed by atoms with Gasteiger partial charge < -0.3 is 9.64 Å². The number of aryl methyl sites for hydroxylation is 2. The standard InChI is InChI=1S/C22H26Cl2N6O2/c1-3-29-14-17(16(2)25-29)13-27-8-10-28(11-9-27)22(31)20-6-7-30(26-20)15-32-21-5-4-18(23)12-19(21)24/h4-7,12,14H,3,8-11,13,15H2,1-2H3. The van der Waals surface area contributed by atoms with Crippen molar-refractivity contribution in [1.29, 1.82) is 0 Å². The van der Waals surface area contributed by atoms with Gasteiger partial charge in [-0.2, -0.15) is 10.2 Å². The molecular weight excluding hydrogens is 451 g/mol. The third kappa shape index (κ3) is 5.26. The fourth-order valence-corrected chi connectivity index (χ4v) is 4.13. The molecule has 0 radical (unpaired) electrons. The van der Waals surface area contributed by atoms with Gasteiger partial charge in [0, 0.05) is 62.2 Å². The summed E-state index contributed by atoms with van der Waals surface area (Å²) < 4.78 is 9.21. The van der Waals surface area contributed by atoms with Crippen molar-refractivity contribution in [3.05, 3.63) is 63.7 Å². The maximum absolute atomic E-state index is 12.9. The van der Waals surface area contributed by atoms with Gasteiger partial charge in [-0.1, -0.05) is 23.2 Å². The van der Waals surface area contributed by atoms with Gasteiger partial charge in [-0.3, -0.25) is 14.4 Å². The van der Waals surface area contributed by atoms with Crippen molar-refractivity contribution >= 4 is 29.1 Å². The van der Waals surface area contributed by atoms with Crippen LogP contribution < -0.4 is 4.74 Å². The number of amides is 1. The van der Waals surface area contributed by atoms with Crippen LogP contribution in [-0.2, 0) is 19.8 Å². The van der Waals surface area contributed by atoms with E-state index in [1.807, 2.05) is 16.5 Å². The number of nitrogens with zero attached hydrogens (tertiary/aromatic N) is 6. The fourth-order valence-electron chi connectivity index (χ4n) is 3.66. The van der Waals surface area contributed by atoms with Gasteiger partial charge in [-0.25, -0.2) is 4.68 Å². The zero-order valence-electron chi connectivity index (χ0n) is 18.2. The SMILES string of the molecule is CCn1cc(CN2CCN(C(=O)c3ccn(COc4ccc(Cl)cc4Cl)n3)CC2)c(C)n1. The Labute approximate surface area is 197 Å². The van der Waals surface area contributed by atoms with Gasteiger partial charge in [0.1, 0.15) is 5.75 Å². The van der Waals surface area contributed by atoms with E-state index in [2.05, 4.69) is 28.2 Å². The van der Waals surface area contributed by atoms with E-state index in [4.69, 9.17) is 27.9 Å². The van der Waals surface area contributed by atoms with Crippen molar-refractivity contribution in [3.8, 4) is 5.75 Å². The lowest BCUT2D eigenvalue weighted by Gasteiger charge is -2.34. The minimum atomic E-state index is -0.0668. The number of carbonyl (C=O) groups is 1. The lowest BCUT2D eigenvalue weighted by Crippen LogP contribution is -2.48. The molecule has 1 amide bonds. The van der Waals surface area contributed by atoms with Crippen LogP contribution in [0.2, 0.25) is 10.0 Å². The van der Waals surface area contributed by atoms with Gasteiger partial charge in [-0.15, -0.1) is 0 Å². The molecule has 0 spiro atoms. The highest BCUT2D eigenvalue weighted by Gasteiger charge is 2.24. The molecule has 3 heterocycles. The first-order valence-electron chi connectivity index (χ1n) is 10.6. The number of hydrogen-bond donors (Lipinski definition) is 0. The Morgan fingerprint density at radius 2 is 1.88 bits per heavy atom. The molecule has 32 heavy (non-hydrogen) atoms. The van der Waals surface area contributed by atoms with Crippen LogP contribution in [0, 0.1) is 6.92 Å². The first-order chi connectivity index (χ1) is 15.4. The van der Waals surface area contributed by atoms with Crippen LogP contribution in [0.5, 0.6) is 5.75 Å². The first kappa shape index (κ1) is 22.6. The molecule has 2 aromatic heterocycles. The Morgan fingerprint density at radius 1 is 1.09 bits per heavy atom. The molecule has 170 valence electrons. The predicted molar refractivity (Wildman–Crippen MR) is 123 cm³/mol. The zero-order valence-corrected chi connectivity index (χ0v) is 19.7. The highest BCUT2D eigenvalue weighted by Crippen LogP contribution is 2.27. The van der Waals surface area contributed by atoms with E-state index in [0.29, 0.717) is 34.6 Å². The normalized spacial score (nSPS) is 14.7. The molecule has 0 unspecified atom stereocenters. The van der Waals surface area contributed by atoms with Crippen LogP contribution in [0.25, 0.3) is 0 Å². The molecule has 1 aliphatic rings. The maximum Gasteiger partial charge on any atom is 0.274 e. The monoisotopic (exact) mass is 476 g/mol. The molecule has 3 aromatic rings. The summed E-state index contributed by atoms with van der Waals surface area (Å²) in [5.74, 6) is 0.443. The average Bonchev–Trinajstić information content (AvgIpc) is 3.40. The van der Waals surface area contributed by atoms with Gasteiger partial charge in [0.25, 0.3) is 5.91 Å². The summed E-state index contributed by atoms with van der Waals surface area (Å²) in [5.41, 5.74) is 2.72. The van der Waals surface area contributed by atoms with Gasteiger partial charge in [-0.05, 0) is 38.1 Å². The Balaban J connectivity index is 1.29. The Hall–Kier alpha value is -2.55. The molecule has 0 aliphatic carbocycles. The van der Waals surface area contributed by atoms with E-state index < -0.39 is 0 Å². The van der Waals surface area contributed by atoms with E-state index in [1.165, 1.54) is 5.56 Å². The summed E-state index contributed by atoms with van der Waals surface area (Å²) in [6, 6.07) is 6.74. The van der Waals surface area contributed by atoms with E-state index in [1.54, 1.807) is 35.1 Å². The summed E-state index contributed by atoms with van der Waals surface area (Å²) in [4.78, 5) is 17.1. The third-order valence-corrected chi connectivity index (χ3v) is 6.06. The lowest BCUT2D eigenvalue weighted by atomic mass is 10.2. The van der Waals surface area contributed by atoms with Crippen LogP contribution in [-0.4, -0.2) is 61.4 Å². The van der Waals surface area contributed by atoms with E-state index in [9.17, 15) is 4.79 Å². The van der Waals surface area contributed by atoms with Crippen LogP contribution in [0.15, 0.2) is 36.7 Å². The minimum Gasteiger partial charge on any atom is -0.470 e. The summed E-state index contributed by atoms with van der Waals surface area (Å²) >= 11 is 12.0. The molecule has 10 heteroatoms. The Bertz CT molecular complexity index is 1090. The molecule has 1 aromatic carbocycles. The first-order valence-corrected chi connectivity index (χ1v) is 11.3. The van der Waals surface area contributed by atoms with Gasteiger partial charge in [0.15, 0.2) is 12.4 Å². The number of hydrogen-bond acceptors (Lipinski definition) is 5. The van der Waals surface area contributed by atoms with E-state index in [0.717, 1.165) is 31.9 Å². The lowest BCUT2D eigenvalue weighted by molar-refractivity contribution is 0.0620. The van der Waals surface area contributed by atoms with Crippen molar-refractivity contribution in [2.75, 3.05) is 26.2 Å². The van der Waals surface area contributed by atoms with Crippen molar-refractivity contribution in [2.45, 2.75) is 33.7 Å².